The standard InChI is InChI=1S/C13H19N3O2/c1-14-12-9-15-6-5-11(12)13(18)16(7-8-17)10-3-2-4-10/h5-6,9-10,14,17H,2-4,7-8H2,1H3. The van der Waals surface area contributed by atoms with Gasteiger partial charge in [-0.2, -0.15) is 0 Å². The Hall–Kier alpha value is -1.62. The molecule has 0 saturated heterocycles. The third-order valence-corrected chi connectivity index (χ3v) is 3.44. The lowest BCUT2D eigenvalue weighted by atomic mass is 9.91. The van der Waals surface area contributed by atoms with Crippen LogP contribution in [0.15, 0.2) is 18.5 Å². The van der Waals surface area contributed by atoms with Gasteiger partial charge in [0.15, 0.2) is 0 Å². The van der Waals surface area contributed by atoms with Gasteiger partial charge < -0.3 is 15.3 Å². The maximum Gasteiger partial charge on any atom is 0.256 e. The molecule has 5 heteroatoms. The molecule has 0 atom stereocenters. The van der Waals surface area contributed by atoms with E-state index in [-0.39, 0.29) is 18.6 Å². The minimum absolute atomic E-state index is 0.00219. The number of hydrogen-bond acceptors (Lipinski definition) is 4. The number of nitrogens with zero attached hydrogens (tertiary/aromatic N) is 2. The number of aliphatic hydroxyl groups is 1. The van der Waals surface area contributed by atoms with Crippen LogP contribution in [0, 0.1) is 0 Å². The third-order valence-electron chi connectivity index (χ3n) is 3.44. The molecular weight excluding hydrogens is 230 g/mol. The van der Waals surface area contributed by atoms with Crippen LogP contribution < -0.4 is 5.32 Å². The van der Waals surface area contributed by atoms with Crippen LogP contribution >= 0.6 is 0 Å². The zero-order chi connectivity index (χ0) is 13.0. The van der Waals surface area contributed by atoms with E-state index in [0.717, 1.165) is 24.9 Å². The number of carbonyl (C=O) groups is 1. The molecule has 0 radical (unpaired) electrons. The van der Waals surface area contributed by atoms with Gasteiger partial charge >= 0.3 is 0 Å². The summed E-state index contributed by atoms with van der Waals surface area (Å²) in [6, 6.07) is 2.00. The zero-order valence-electron chi connectivity index (χ0n) is 10.6. The molecule has 1 aromatic heterocycles. The van der Waals surface area contributed by atoms with Crippen molar-refractivity contribution in [3.63, 3.8) is 0 Å². The Balaban J connectivity index is 2.21. The Morgan fingerprint density at radius 2 is 2.39 bits per heavy atom. The molecule has 0 bridgehead atoms. The Labute approximate surface area is 107 Å². The highest BCUT2D eigenvalue weighted by atomic mass is 16.3. The summed E-state index contributed by atoms with van der Waals surface area (Å²) in [5, 5.41) is 12.1. The van der Waals surface area contributed by atoms with Gasteiger partial charge in [-0.1, -0.05) is 0 Å². The van der Waals surface area contributed by atoms with E-state index in [1.54, 1.807) is 30.4 Å². The first-order chi connectivity index (χ1) is 8.77. The number of rotatable bonds is 5. The average molecular weight is 249 g/mol. The van der Waals surface area contributed by atoms with Crippen molar-refractivity contribution < 1.29 is 9.90 Å². The molecule has 0 aromatic carbocycles. The van der Waals surface area contributed by atoms with Gasteiger partial charge in [0.2, 0.25) is 0 Å². The molecule has 98 valence electrons. The molecule has 1 aromatic rings. The fourth-order valence-corrected chi connectivity index (χ4v) is 2.19. The second-order valence-corrected chi connectivity index (χ2v) is 4.48. The van der Waals surface area contributed by atoms with Gasteiger partial charge in [0, 0.05) is 25.8 Å². The Morgan fingerprint density at radius 3 is 2.94 bits per heavy atom. The maximum atomic E-state index is 12.5. The van der Waals surface area contributed by atoms with Gasteiger partial charge in [-0.3, -0.25) is 9.78 Å². The summed E-state index contributed by atoms with van der Waals surface area (Å²) < 4.78 is 0. The number of pyridine rings is 1. The molecular formula is C13H19N3O2. The molecule has 1 heterocycles. The predicted octanol–water partition coefficient (Wildman–Crippen LogP) is 1.11. The Morgan fingerprint density at radius 1 is 1.61 bits per heavy atom. The van der Waals surface area contributed by atoms with Crippen LogP contribution in [0.5, 0.6) is 0 Å². The number of amides is 1. The Kier molecular flexibility index (Phi) is 4.15. The summed E-state index contributed by atoms with van der Waals surface area (Å²) in [6.45, 7) is 0.400. The smallest absolute Gasteiger partial charge is 0.256 e. The van der Waals surface area contributed by atoms with Crippen molar-refractivity contribution in [2.24, 2.45) is 0 Å². The van der Waals surface area contributed by atoms with Crippen molar-refractivity contribution in [2.45, 2.75) is 25.3 Å². The van der Waals surface area contributed by atoms with E-state index >= 15 is 0 Å². The number of hydrogen-bond donors (Lipinski definition) is 2. The monoisotopic (exact) mass is 249 g/mol. The average Bonchev–Trinajstić information content (AvgIpc) is 2.35. The topological polar surface area (TPSA) is 65.5 Å². The molecule has 1 amide bonds. The van der Waals surface area contributed by atoms with Crippen molar-refractivity contribution in [3.8, 4) is 0 Å². The second-order valence-electron chi connectivity index (χ2n) is 4.48. The van der Waals surface area contributed by atoms with E-state index in [0.29, 0.717) is 12.1 Å². The van der Waals surface area contributed by atoms with Gasteiger partial charge in [0.05, 0.1) is 24.1 Å². The summed E-state index contributed by atoms with van der Waals surface area (Å²) in [5.74, 6) is -0.0273. The lowest BCUT2D eigenvalue weighted by Crippen LogP contribution is -2.45. The quantitative estimate of drug-likeness (QED) is 0.820. The van der Waals surface area contributed by atoms with Crippen molar-refractivity contribution in [3.05, 3.63) is 24.0 Å². The van der Waals surface area contributed by atoms with Crippen molar-refractivity contribution >= 4 is 11.6 Å². The fourth-order valence-electron chi connectivity index (χ4n) is 2.19. The molecule has 2 N–H and O–H groups in total. The van der Waals surface area contributed by atoms with Crippen LogP contribution in [-0.2, 0) is 0 Å². The van der Waals surface area contributed by atoms with Crippen LogP contribution in [-0.4, -0.2) is 47.1 Å². The summed E-state index contributed by atoms with van der Waals surface area (Å²) in [6.07, 6.45) is 6.49. The van der Waals surface area contributed by atoms with Gasteiger partial charge in [-0.15, -0.1) is 0 Å². The highest BCUT2D eigenvalue weighted by Crippen LogP contribution is 2.27. The van der Waals surface area contributed by atoms with E-state index in [2.05, 4.69) is 10.3 Å². The van der Waals surface area contributed by atoms with E-state index in [9.17, 15) is 4.79 Å². The van der Waals surface area contributed by atoms with Crippen molar-refractivity contribution in [2.75, 3.05) is 25.5 Å². The van der Waals surface area contributed by atoms with Gasteiger partial charge in [-0.25, -0.2) is 0 Å². The molecule has 5 nitrogen and oxygen atoms in total. The number of aromatic nitrogens is 1. The fraction of sp³-hybridized carbons (Fsp3) is 0.538. The minimum atomic E-state index is -0.0273. The van der Waals surface area contributed by atoms with E-state index < -0.39 is 0 Å². The second kappa shape index (κ2) is 5.82. The molecule has 1 fully saturated rings. The van der Waals surface area contributed by atoms with Crippen molar-refractivity contribution in [1.82, 2.24) is 9.88 Å². The Bertz CT molecular complexity index is 418. The van der Waals surface area contributed by atoms with Gasteiger partial charge in [0.1, 0.15) is 0 Å². The molecule has 18 heavy (non-hydrogen) atoms. The summed E-state index contributed by atoms with van der Waals surface area (Å²) in [4.78, 5) is 18.3. The molecule has 0 unspecified atom stereocenters. The SMILES string of the molecule is CNc1cnccc1C(=O)N(CCO)C1CCC1. The summed E-state index contributed by atoms with van der Waals surface area (Å²) in [5.41, 5.74) is 1.35. The maximum absolute atomic E-state index is 12.5. The predicted molar refractivity (Wildman–Crippen MR) is 69.5 cm³/mol. The van der Waals surface area contributed by atoms with E-state index in [4.69, 9.17) is 5.11 Å². The highest BCUT2D eigenvalue weighted by molar-refractivity contribution is 5.99. The van der Waals surface area contributed by atoms with Gasteiger partial charge in [0.25, 0.3) is 5.91 Å². The summed E-state index contributed by atoms with van der Waals surface area (Å²) >= 11 is 0. The highest BCUT2D eigenvalue weighted by Gasteiger charge is 2.29. The van der Waals surface area contributed by atoms with E-state index in [1.807, 2.05) is 0 Å². The molecule has 1 saturated carbocycles. The molecule has 1 aliphatic carbocycles. The van der Waals surface area contributed by atoms with Gasteiger partial charge in [-0.05, 0) is 25.3 Å². The van der Waals surface area contributed by atoms with Crippen LogP contribution in [0.2, 0.25) is 0 Å². The first kappa shape index (κ1) is 12.8. The number of aliphatic hydroxyl groups excluding tert-OH is 1. The number of anilines is 1. The van der Waals surface area contributed by atoms with Crippen LogP contribution in [0.25, 0.3) is 0 Å². The van der Waals surface area contributed by atoms with Crippen LogP contribution in [0.1, 0.15) is 29.6 Å². The largest absolute Gasteiger partial charge is 0.395 e. The first-order valence-electron chi connectivity index (χ1n) is 6.31. The lowest BCUT2D eigenvalue weighted by Gasteiger charge is -2.37. The van der Waals surface area contributed by atoms with Crippen molar-refractivity contribution in [1.29, 1.82) is 0 Å². The molecule has 2 rings (SSSR count). The molecule has 0 spiro atoms. The number of carbonyl (C=O) groups excluding carboxylic acids is 1. The minimum Gasteiger partial charge on any atom is -0.395 e. The first-order valence-corrected chi connectivity index (χ1v) is 6.31. The molecule has 1 aliphatic rings. The zero-order valence-corrected chi connectivity index (χ0v) is 10.6. The number of nitrogens with one attached hydrogen (secondary N) is 1. The third kappa shape index (κ3) is 2.46. The summed E-state index contributed by atoms with van der Waals surface area (Å²) in [7, 11) is 1.77. The van der Waals surface area contributed by atoms with Crippen LogP contribution in [0.3, 0.4) is 0 Å². The van der Waals surface area contributed by atoms with Crippen LogP contribution in [0.4, 0.5) is 5.69 Å². The normalized spacial score (nSPS) is 15.0. The molecule has 0 aliphatic heterocycles. The lowest BCUT2D eigenvalue weighted by molar-refractivity contribution is 0.0526. The van der Waals surface area contributed by atoms with E-state index in [1.165, 1.54) is 0 Å².